The minimum atomic E-state index is -0.561. The average molecular weight is 370 g/mol. The van der Waals surface area contributed by atoms with E-state index in [-0.39, 0.29) is 12.2 Å². The Morgan fingerprint density at radius 2 is 1.63 bits per heavy atom. The second-order valence-corrected chi connectivity index (χ2v) is 7.56. The molecule has 0 N–H and O–H groups in total. The number of halogens is 2. The molecule has 1 fully saturated rings. The van der Waals surface area contributed by atoms with Crippen molar-refractivity contribution in [1.29, 1.82) is 0 Å². The van der Waals surface area contributed by atoms with Crippen LogP contribution in [0, 0.1) is 17.6 Å². The first-order chi connectivity index (χ1) is 13.1. The van der Waals surface area contributed by atoms with E-state index in [0.717, 1.165) is 17.9 Å². The van der Waals surface area contributed by atoms with Crippen molar-refractivity contribution >= 4 is 0 Å². The molecule has 0 aliphatic heterocycles. The number of benzene rings is 2. The molecule has 0 spiro atoms. The molecule has 0 bridgehead atoms. The van der Waals surface area contributed by atoms with Gasteiger partial charge in [-0.05, 0) is 79.2 Å². The lowest BCUT2D eigenvalue weighted by atomic mass is 9.77. The lowest BCUT2D eigenvalue weighted by molar-refractivity contribution is 0.177. The van der Waals surface area contributed by atoms with E-state index in [1.807, 2.05) is 18.2 Å². The van der Waals surface area contributed by atoms with Crippen LogP contribution in [0.4, 0.5) is 8.78 Å². The third kappa shape index (κ3) is 4.84. The molecule has 1 aliphatic rings. The molecule has 2 aromatic rings. The Labute approximate surface area is 161 Å². The molecule has 2 aromatic carbocycles. The molecule has 3 rings (SSSR count). The molecule has 27 heavy (non-hydrogen) atoms. The van der Waals surface area contributed by atoms with Gasteiger partial charge in [0, 0.05) is 12.7 Å². The predicted octanol–water partition coefficient (Wildman–Crippen LogP) is 7.02. The summed E-state index contributed by atoms with van der Waals surface area (Å²) in [4.78, 5) is 0. The van der Waals surface area contributed by atoms with Crippen LogP contribution in [0.3, 0.4) is 0 Å². The van der Waals surface area contributed by atoms with Crippen LogP contribution in [0.1, 0.15) is 55.6 Å². The lowest BCUT2D eigenvalue weighted by Gasteiger charge is -2.28. The maximum absolute atomic E-state index is 14.2. The summed E-state index contributed by atoms with van der Waals surface area (Å²) in [7, 11) is 1.43. The van der Waals surface area contributed by atoms with Crippen LogP contribution >= 0.6 is 0 Å². The number of methoxy groups -OCH3 is 1. The van der Waals surface area contributed by atoms with Crippen LogP contribution in [0.15, 0.2) is 49.1 Å². The molecule has 0 unspecified atom stereocenters. The van der Waals surface area contributed by atoms with Crippen molar-refractivity contribution in [2.45, 2.75) is 51.0 Å². The van der Waals surface area contributed by atoms with Crippen LogP contribution in [-0.4, -0.2) is 7.11 Å². The minimum Gasteiger partial charge on any atom is -0.380 e. The van der Waals surface area contributed by atoms with Crippen LogP contribution in [0.5, 0.6) is 0 Å². The third-order valence-corrected chi connectivity index (χ3v) is 5.77. The quantitative estimate of drug-likeness (QED) is 0.476. The fraction of sp³-hybridized carbons (Fsp3) is 0.417. The van der Waals surface area contributed by atoms with Crippen LogP contribution in [-0.2, 0) is 11.3 Å². The van der Waals surface area contributed by atoms with Crippen molar-refractivity contribution in [3.05, 3.63) is 71.8 Å². The van der Waals surface area contributed by atoms with Gasteiger partial charge in [0.1, 0.15) is 11.6 Å². The zero-order valence-corrected chi connectivity index (χ0v) is 16.0. The monoisotopic (exact) mass is 370 g/mol. The van der Waals surface area contributed by atoms with Gasteiger partial charge in [-0.15, -0.1) is 6.58 Å². The first-order valence-electron chi connectivity index (χ1n) is 9.80. The molecule has 3 heteroatoms. The number of allylic oxidation sites excluding steroid dienone is 1. The summed E-state index contributed by atoms with van der Waals surface area (Å²) in [5, 5.41) is 0. The van der Waals surface area contributed by atoms with Gasteiger partial charge in [0.05, 0.1) is 6.61 Å². The van der Waals surface area contributed by atoms with Crippen LogP contribution in [0.2, 0.25) is 0 Å². The van der Waals surface area contributed by atoms with Gasteiger partial charge in [-0.1, -0.05) is 30.3 Å². The first-order valence-corrected chi connectivity index (χ1v) is 9.80. The molecule has 0 aromatic heterocycles. The Morgan fingerprint density at radius 3 is 2.19 bits per heavy atom. The second-order valence-electron chi connectivity index (χ2n) is 7.56. The molecule has 0 amide bonds. The molecule has 0 saturated heterocycles. The molecular weight excluding hydrogens is 342 g/mol. The van der Waals surface area contributed by atoms with Gasteiger partial charge < -0.3 is 4.74 Å². The first kappa shape index (κ1) is 19.8. The standard InChI is InChI=1S/C24H28F2O/c1-3-4-5-17-6-8-18(9-7-17)19-10-12-20(13-11-19)21-14-23(25)22(16-27-2)24(26)15-21/h3,10-15,17-18H,1,4-9,16H2,2H3. The molecule has 1 saturated carbocycles. The van der Waals surface area contributed by atoms with Gasteiger partial charge in [-0.25, -0.2) is 8.78 Å². The summed E-state index contributed by atoms with van der Waals surface area (Å²) in [6.07, 6.45) is 9.37. The van der Waals surface area contributed by atoms with E-state index in [1.54, 1.807) is 0 Å². The van der Waals surface area contributed by atoms with Gasteiger partial charge in [-0.2, -0.15) is 0 Å². The topological polar surface area (TPSA) is 9.23 Å². The number of rotatable bonds is 7. The Hall–Kier alpha value is -2.00. The van der Waals surface area contributed by atoms with Crippen molar-refractivity contribution in [2.75, 3.05) is 7.11 Å². The summed E-state index contributed by atoms with van der Waals surface area (Å²) in [6, 6.07) is 11.0. The van der Waals surface area contributed by atoms with Crippen molar-refractivity contribution in [3.8, 4) is 11.1 Å². The highest BCUT2D eigenvalue weighted by Gasteiger charge is 2.22. The summed E-state index contributed by atoms with van der Waals surface area (Å²) in [5.74, 6) is 0.300. The maximum atomic E-state index is 14.2. The number of hydrogen-bond donors (Lipinski definition) is 0. The zero-order valence-electron chi connectivity index (χ0n) is 16.0. The van der Waals surface area contributed by atoms with Crippen molar-refractivity contribution in [3.63, 3.8) is 0 Å². The summed E-state index contributed by atoms with van der Waals surface area (Å²) in [6.45, 7) is 3.75. The summed E-state index contributed by atoms with van der Waals surface area (Å²) < 4.78 is 33.2. The fourth-order valence-electron chi connectivity index (χ4n) is 4.14. The van der Waals surface area contributed by atoms with E-state index in [0.29, 0.717) is 11.5 Å². The number of hydrogen-bond acceptors (Lipinski definition) is 1. The predicted molar refractivity (Wildman–Crippen MR) is 107 cm³/mol. The number of ether oxygens (including phenoxy) is 1. The molecule has 1 nitrogen and oxygen atoms in total. The lowest BCUT2D eigenvalue weighted by Crippen LogP contribution is -2.13. The Morgan fingerprint density at radius 1 is 1.00 bits per heavy atom. The van der Waals surface area contributed by atoms with Crippen molar-refractivity contribution in [2.24, 2.45) is 5.92 Å². The van der Waals surface area contributed by atoms with Gasteiger partial charge in [-0.3, -0.25) is 0 Å². The minimum absolute atomic E-state index is 0.0221. The van der Waals surface area contributed by atoms with E-state index in [1.165, 1.54) is 56.9 Å². The average Bonchev–Trinajstić information content (AvgIpc) is 2.69. The van der Waals surface area contributed by atoms with Crippen molar-refractivity contribution < 1.29 is 13.5 Å². The Balaban J connectivity index is 1.68. The van der Waals surface area contributed by atoms with Crippen LogP contribution in [0.25, 0.3) is 11.1 Å². The molecular formula is C24H28F2O. The summed E-state index contributed by atoms with van der Waals surface area (Å²) >= 11 is 0. The molecule has 144 valence electrons. The van der Waals surface area contributed by atoms with E-state index in [4.69, 9.17) is 4.74 Å². The van der Waals surface area contributed by atoms with Gasteiger partial charge in [0.25, 0.3) is 0 Å². The normalized spacial score (nSPS) is 19.8. The van der Waals surface area contributed by atoms with Crippen molar-refractivity contribution in [1.82, 2.24) is 0 Å². The SMILES string of the molecule is C=CCCC1CCC(c2ccc(-c3cc(F)c(COC)c(F)c3)cc2)CC1. The second kappa shape index (κ2) is 9.27. The van der Waals surface area contributed by atoms with Crippen LogP contribution < -0.4 is 0 Å². The molecule has 0 atom stereocenters. The van der Waals surface area contributed by atoms with Gasteiger partial charge in [0.15, 0.2) is 0 Å². The zero-order chi connectivity index (χ0) is 19.2. The highest BCUT2D eigenvalue weighted by atomic mass is 19.1. The van der Waals surface area contributed by atoms with Gasteiger partial charge in [0.2, 0.25) is 0 Å². The molecule has 0 radical (unpaired) electrons. The third-order valence-electron chi connectivity index (χ3n) is 5.77. The summed E-state index contributed by atoms with van der Waals surface area (Å²) in [5.41, 5.74) is 2.70. The molecule has 0 heterocycles. The van der Waals surface area contributed by atoms with Gasteiger partial charge >= 0.3 is 0 Å². The largest absolute Gasteiger partial charge is 0.380 e. The maximum Gasteiger partial charge on any atom is 0.132 e. The fourth-order valence-corrected chi connectivity index (χ4v) is 4.14. The molecule has 1 aliphatic carbocycles. The smallest absolute Gasteiger partial charge is 0.132 e. The highest BCUT2D eigenvalue weighted by molar-refractivity contribution is 5.64. The van der Waals surface area contributed by atoms with E-state index < -0.39 is 11.6 Å². The van der Waals surface area contributed by atoms with E-state index in [9.17, 15) is 8.78 Å². The van der Waals surface area contributed by atoms with E-state index >= 15 is 0 Å². The highest BCUT2D eigenvalue weighted by Crippen LogP contribution is 2.38. The Kier molecular flexibility index (Phi) is 6.78. The Bertz CT molecular complexity index is 735. The van der Waals surface area contributed by atoms with E-state index in [2.05, 4.69) is 18.7 Å².